The molecule has 0 saturated carbocycles. The van der Waals surface area contributed by atoms with E-state index in [2.05, 4.69) is 15.7 Å². The van der Waals surface area contributed by atoms with Crippen LogP contribution >= 0.6 is 0 Å². The van der Waals surface area contributed by atoms with E-state index < -0.39 is 5.69 Å². The van der Waals surface area contributed by atoms with Gasteiger partial charge in [-0.15, -0.1) is 5.10 Å². The van der Waals surface area contributed by atoms with Crippen LogP contribution in [0.5, 0.6) is 0 Å². The van der Waals surface area contributed by atoms with E-state index in [1.54, 1.807) is 6.07 Å². The maximum atomic E-state index is 13.0. The van der Waals surface area contributed by atoms with Gasteiger partial charge in [-0.05, 0) is 45.4 Å². The molecular formula is C20H26N6O4. The highest BCUT2D eigenvalue weighted by Gasteiger charge is 2.19. The number of hydrogen-bond donors (Lipinski definition) is 2. The number of amides is 2. The van der Waals surface area contributed by atoms with Crippen molar-refractivity contribution in [3.63, 3.8) is 0 Å². The van der Waals surface area contributed by atoms with Gasteiger partial charge in [0.05, 0.1) is 10.9 Å². The van der Waals surface area contributed by atoms with Gasteiger partial charge in [-0.2, -0.15) is 0 Å². The molecule has 0 bridgehead atoms. The quantitative estimate of drug-likeness (QED) is 0.605. The third-order valence-corrected chi connectivity index (χ3v) is 4.89. The summed E-state index contributed by atoms with van der Waals surface area (Å²) in [5, 5.41) is 10.0. The topological polar surface area (TPSA) is 120 Å². The second-order valence-electron chi connectivity index (χ2n) is 7.68. The highest BCUT2D eigenvalue weighted by atomic mass is 16.2. The Hall–Kier alpha value is -3.43. The van der Waals surface area contributed by atoms with Gasteiger partial charge in [0.1, 0.15) is 6.54 Å². The van der Waals surface area contributed by atoms with Crippen molar-refractivity contribution in [2.24, 2.45) is 7.05 Å². The predicted octanol–water partition coefficient (Wildman–Crippen LogP) is 0.401. The van der Waals surface area contributed by atoms with Gasteiger partial charge in [-0.25, -0.2) is 13.9 Å². The van der Waals surface area contributed by atoms with Gasteiger partial charge in [-0.3, -0.25) is 19.0 Å². The lowest BCUT2D eigenvalue weighted by Crippen LogP contribution is -2.36. The van der Waals surface area contributed by atoms with Crippen molar-refractivity contribution in [3.8, 4) is 0 Å². The molecule has 160 valence electrons. The lowest BCUT2D eigenvalue weighted by atomic mass is 10.1. The van der Waals surface area contributed by atoms with E-state index in [9.17, 15) is 19.2 Å². The molecule has 2 aromatic heterocycles. The molecule has 2 heterocycles. The zero-order chi connectivity index (χ0) is 22.2. The van der Waals surface area contributed by atoms with E-state index in [4.69, 9.17) is 0 Å². The molecule has 0 unspecified atom stereocenters. The van der Waals surface area contributed by atoms with Crippen molar-refractivity contribution in [3.05, 3.63) is 44.6 Å². The Morgan fingerprint density at radius 3 is 2.47 bits per heavy atom. The maximum Gasteiger partial charge on any atom is 0.352 e. The summed E-state index contributed by atoms with van der Waals surface area (Å²) in [6, 6.07) is 4.49. The number of fused-ring (bicyclic) bond motifs is 3. The van der Waals surface area contributed by atoms with Gasteiger partial charge in [0.2, 0.25) is 11.7 Å². The van der Waals surface area contributed by atoms with Crippen LogP contribution in [0, 0.1) is 0 Å². The van der Waals surface area contributed by atoms with E-state index in [0.29, 0.717) is 5.56 Å². The first kappa shape index (κ1) is 21.3. The number of rotatable bonds is 6. The third kappa shape index (κ3) is 3.85. The average Bonchev–Trinajstić information content (AvgIpc) is 3.01. The Bertz CT molecular complexity index is 1250. The highest BCUT2D eigenvalue weighted by molar-refractivity contribution is 5.98. The van der Waals surface area contributed by atoms with E-state index in [-0.39, 0.29) is 52.7 Å². The minimum absolute atomic E-state index is 0.0122. The van der Waals surface area contributed by atoms with E-state index in [0.717, 1.165) is 11.1 Å². The third-order valence-electron chi connectivity index (χ3n) is 4.89. The van der Waals surface area contributed by atoms with Crippen LogP contribution in [-0.2, 0) is 18.4 Å². The van der Waals surface area contributed by atoms with Crippen molar-refractivity contribution < 1.29 is 9.59 Å². The summed E-state index contributed by atoms with van der Waals surface area (Å²) < 4.78 is 3.51. The molecule has 0 aliphatic rings. The first-order chi connectivity index (χ1) is 14.1. The van der Waals surface area contributed by atoms with Gasteiger partial charge in [0.25, 0.3) is 11.5 Å². The minimum Gasteiger partial charge on any atom is -0.352 e. The lowest BCUT2D eigenvalue weighted by Gasteiger charge is -2.12. The number of aromatic nitrogens is 4. The Labute approximate surface area is 172 Å². The molecule has 3 aromatic rings. The summed E-state index contributed by atoms with van der Waals surface area (Å²) in [4.78, 5) is 50.4. The summed E-state index contributed by atoms with van der Waals surface area (Å²) in [7, 11) is 1.51. The van der Waals surface area contributed by atoms with Crippen LogP contribution in [-0.4, -0.2) is 42.6 Å². The monoisotopic (exact) mass is 414 g/mol. The number of nitrogens with zero attached hydrogens (tertiary/aromatic N) is 4. The molecule has 30 heavy (non-hydrogen) atoms. The fraction of sp³-hybridized carbons (Fsp3) is 0.450. The molecule has 0 spiro atoms. The fourth-order valence-electron chi connectivity index (χ4n) is 3.15. The van der Waals surface area contributed by atoms with Crippen molar-refractivity contribution in [2.75, 3.05) is 0 Å². The van der Waals surface area contributed by atoms with Crippen LogP contribution in [0.4, 0.5) is 0 Å². The van der Waals surface area contributed by atoms with Crippen molar-refractivity contribution in [2.45, 2.75) is 52.7 Å². The van der Waals surface area contributed by atoms with Gasteiger partial charge < -0.3 is 10.6 Å². The normalized spacial score (nSPS) is 12.5. The molecule has 3 rings (SSSR count). The summed E-state index contributed by atoms with van der Waals surface area (Å²) in [6.07, 6.45) is 0.773. The van der Waals surface area contributed by atoms with Crippen LogP contribution in [0.1, 0.15) is 44.5 Å². The first-order valence-corrected chi connectivity index (χ1v) is 9.86. The summed E-state index contributed by atoms with van der Waals surface area (Å²) in [5.41, 5.74) is -0.320. The molecule has 0 aliphatic carbocycles. The van der Waals surface area contributed by atoms with Crippen molar-refractivity contribution in [1.29, 1.82) is 0 Å². The molecule has 0 aliphatic heterocycles. The van der Waals surface area contributed by atoms with Crippen molar-refractivity contribution >= 4 is 28.5 Å². The second-order valence-corrected chi connectivity index (χ2v) is 7.68. The van der Waals surface area contributed by atoms with Gasteiger partial charge in [-0.1, -0.05) is 6.92 Å². The second kappa shape index (κ2) is 8.13. The van der Waals surface area contributed by atoms with Crippen LogP contribution in [0.15, 0.2) is 27.8 Å². The lowest BCUT2D eigenvalue weighted by molar-refractivity contribution is -0.122. The molecule has 2 amide bonds. The van der Waals surface area contributed by atoms with E-state index >= 15 is 0 Å². The van der Waals surface area contributed by atoms with Crippen LogP contribution < -0.4 is 21.9 Å². The van der Waals surface area contributed by atoms with Crippen LogP contribution in [0.25, 0.3) is 16.7 Å². The van der Waals surface area contributed by atoms with E-state index in [1.807, 2.05) is 27.7 Å². The molecule has 10 heteroatoms. The van der Waals surface area contributed by atoms with Gasteiger partial charge in [0, 0.05) is 24.7 Å². The number of carbonyl (C=O) groups is 2. The number of nitrogens with one attached hydrogen (secondary N) is 2. The zero-order valence-electron chi connectivity index (χ0n) is 17.7. The standard InChI is InChI=1S/C20H26N6O4/c1-6-12(4)22-17(28)13-7-8-14-15(9-13)26-19(24(5)18(14)29)23-25(20(26)30)10-16(27)21-11(2)3/h7-9,11-12H,6,10H2,1-5H3,(H,21,27)(H,22,28)/t12-/m1/s1. The number of hydrogen-bond acceptors (Lipinski definition) is 5. The van der Waals surface area contributed by atoms with Gasteiger partial charge in [0.15, 0.2) is 0 Å². The molecule has 0 saturated heterocycles. The van der Waals surface area contributed by atoms with Gasteiger partial charge >= 0.3 is 5.69 Å². The highest BCUT2D eigenvalue weighted by Crippen LogP contribution is 2.14. The minimum atomic E-state index is -0.566. The number of aryl methyl sites for hydroxylation is 1. The van der Waals surface area contributed by atoms with E-state index in [1.165, 1.54) is 28.1 Å². The summed E-state index contributed by atoms with van der Waals surface area (Å²) in [5.74, 6) is -0.565. The molecular weight excluding hydrogens is 388 g/mol. The summed E-state index contributed by atoms with van der Waals surface area (Å²) >= 11 is 0. The smallest absolute Gasteiger partial charge is 0.352 e. The average molecular weight is 414 g/mol. The molecule has 2 N–H and O–H groups in total. The van der Waals surface area contributed by atoms with Crippen LogP contribution in [0.3, 0.4) is 0 Å². The fourth-order valence-corrected chi connectivity index (χ4v) is 3.15. The predicted molar refractivity (Wildman–Crippen MR) is 113 cm³/mol. The first-order valence-electron chi connectivity index (χ1n) is 9.86. The summed E-state index contributed by atoms with van der Waals surface area (Å²) in [6.45, 7) is 7.20. The maximum absolute atomic E-state index is 13.0. The Morgan fingerprint density at radius 2 is 1.83 bits per heavy atom. The van der Waals surface area contributed by atoms with Crippen LogP contribution in [0.2, 0.25) is 0 Å². The molecule has 1 atom stereocenters. The SMILES string of the molecule is CC[C@@H](C)NC(=O)c1ccc2c(=O)n(C)c3nn(CC(=O)NC(C)C)c(=O)n3c2c1. The molecule has 0 fully saturated rings. The molecule has 0 radical (unpaired) electrons. The molecule has 10 nitrogen and oxygen atoms in total. The Balaban J connectivity index is 2.19. The molecule has 1 aromatic carbocycles. The Kier molecular flexibility index (Phi) is 5.77. The number of benzene rings is 1. The van der Waals surface area contributed by atoms with Crippen molar-refractivity contribution in [1.82, 2.24) is 29.4 Å². The largest absolute Gasteiger partial charge is 0.352 e. The Morgan fingerprint density at radius 1 is 1.13 bits per heavy atom. The number of carbonyl (C=O) groups excluding carboxylic acids is 2. The zero-order valence-corrected chi connectivity index (χ0v) is 17.7.